The van der Waals surface area contributed by atoms with Gasteiger partial charge in [-0.2, -0.15) is 0 Å². The number of carbonyl (C=O) groups is 4. The molecule has 0 spiro atoms. The molecule has 0 bridgehead atoms. The molecule has 0 aromatic heterocycles. The minimum atomic E-state index is -1.51. The molecular weight excluding hydrogens is 368 g/mol. The second-order valence-electron chi connectivity index (χ2n) is 9.34. The van der Waals surface area contributed by atoms with Crippen molar-refractivity contribution < 1.29 is 33.4 Å². The normalized spacial score (nSPS) is 27.2. The van der Waals surface area contributed by atoms with Crippen molar-refractivity contribution in [2.75, 3.05) is 13.7 Å². The summed E-state index contributed by atoms with van der Waals surface area (Å²) in [4.78, 5) is 51.1. The van der Waals surface area contributed by atoms with E-state index in [1.165, 1.54) is 7.11 Å². The number of hydrogen-bond acceptors (Lipinski definition) is 7. The van der Waals surface area contributed by atoms with Gasteiger partial charge in [-0.3, -0.25) is 9.59 Å². The van der Waals surface area contributed by atoms with Gasteiger partial charge in [0.25, 0.3) is 0 Å². The number of hydrogen-bond donors (Lipinski definition) is 1. The number of esters is 1. The van der Waals surface area contributed by atoms with Crippen LogP contribution in [0.3, 0.4) is 0 Å². The van der Waals surface area contributed by atoms with E-state index >= 15 is 0 Å². The standard InChI is InChI=1S/C19H30N2O7/c1-17(2,3)27-15(24)20-12-8-11-10-21(16(25)28-18(4,5)6)13(22)19(11,9-12)14(23)26-7/h11-12H,8-10H2,1-7H3,(H,20,24)/t11-,12+,19+/m0/s1. The lowest BCUT2D eigenvalue weighted by Gasteiger charge is -2.27. The highest BCUT2D eigenvalue weighted by molar-refractivity contribution is 6.10. The van der Waals surface area contributed by atoms with Crippen LogP contribution in [0.4, 0.5) is 9.59 Å². The second-order valence-corrected chi connectivity index (χ2v) is 9.34. The Morgan fingerprint density at radius 2 is 1.64 bits per heavy atom. The number of nitrogens with one attached hydrogen (secondary N) is 1. The molecule has 0 unspecified atom stereocenters. The van der Waals surface area contributed by atoms with Crippen molar-refractivity contribution in [1.82, 2.24) is 10.2 Å². The molecule has 3 amide bonds. The van der Waals surface area contributed by atoms with Gasteiger partial charge in [-0.1, -0.05) is 0 Å². The van der Waals surface area contributed by atoms with Gasteiger partial charge in [0.15, 0.2) is 5.41 Å². The zero-order chi connectivity index (χ0) is 21.5. The maximum absolute atomic E-state index is 13.1. The summed E-state index contributed by atoms with van der Waals surface area (Å²) in [6, 6.07) is -0.441. The van der Waals surface area contributed by atoms with Crippen LogP contribution in [0.15, 0.2) is 0 Å². The predicted octanol–water partition coefficient (Wildman–Crippen LogP) is 2.23. The Hall–Kier alpha value is -2.32. The third-order valence-electron chi connectivity index (χ3n) is 4.75. The molecule has 1 aliphatic heterocycles. The number of imide groups is 1. The SMILES string of the molecule is COC(=O)[C@]12C[C@H](NC(=O)OC(C)(C)C)C[C@H]1CN(C(=O)OC(C)(C)C)C2=O. The molecule has 2 rings (SSSR count). The van der Waals surface area contributed by atoms with E-state index in [0.717, 1.165) is 4.90 Å². The average Bonchev–Trinajstić information content (AvgIpc) is 2.98. The van der Waals surface area contributed by atoms with Gasteiger partial charge in [0.2, 0.25) is 5.91 Å². The molecule has 1 heterocycles. The number of alkyl carbamates (subject to hydrolysis) is 1. The van der Waals surface area contributed by atoms with Crippen LogP contribution in [0.5, 0.6) is 0 Å². The van der Waals surface area contributed by atoms with Gasteiger partial charge in [0, 0.05) is 18.5 Å². The van der Waals surface area contributed by atoms with Gasteiger partial charge in [-0.15, -0.1) is 0 Å². The zero-order valence-corrected chi connectivity index (χ0v) is 17.6. The number of fused-ring (bicyclic) bond motifs is 1. The van der Waals surface area contributed by atoms with Crippen LogP contribution in [0, 0.1) is 11.3 Å². The van der Waals surface area contributed by atoms with E-state index in [1.54, 1.807) is 41.5 Å². The molecule has 1 saturated carbocycles. The molecule has 158 valence electrons. The Morgan fingerprint density at radius 3 is 2.14 bits per heavy atom. The van der Waals surface area contributed by atoms with Gasteiger partial charge < -0.3 is 19.5 Å². The zero-order valence-electron chi connectivity index (χ0n) is 17.6. The molecule has 9 nitrogen and oxygen atoms in total. The molecule has 1 aliphatic carbocycles. The molecular formula is C19H30N2O7. The van der Waals surface area contributed by atoms with Gasteiger partial charge >= 0.3 is 18.2 Å². The topological polar surface area (TPSA) is 111 Å². The Balaban J connectivity index is 2.18. The van der Waals surface area contributed by atoms with E-state index in [0.29, 0.717) is 6.42 Å². The molecule has 2 aliphatic rings. The lowest BCUT2D eigenvalue weighted by molar-refractivity contribution is -0.160. The van der Waals surface area contributed by atoms with E-state index < -0.39 is 52.6 Å². The minimum Gasteiger partial charge on any atom is -0.468 e. The summed E-state index contributed by atoms with van der Waals surface area (Å²) in [7, 11) is 1.20. The quantitative estimate of drug-likeness (QED) is 0.431. The Kier molecular flexibility index (Phi) is 5.69. The molecule has 0 radical (unpaired) electrons. The lowest BCUT2D eigenvalue weighted by Crippen LogP contribution is -2.47. The molecule has 1 N–H and O–H groups in total. The van der Waals surface area contributed by atoms with Gasteiger partial charge in [-0.25, -0.2) is 14.5 Å². The summed E-state index contributed by atoms with van der Waals surface area (Å²) >= 11 is 0. The lowest BCUT2D eigenvalue weighted by atomic mass is 9.80. The fourth-order valence-electron chi connectivity index (χ4n) is 3.80. The van der Waals surface area contributed by atoms with Crippen molar-refractivity contribution >= 4 is 24.1 Å². The van der Waals surface area contributed by atoms with Crippen LogP contribution < -0.4 is 5.32 Å². The third kappa shape index (κ3) is 4.39. The van der Waals surface area contributed by atoms with Crippen molar-refractivity contribution in [2.45, 2.75) is 71.6 Å². The fourth-order valence-corrected chi connectivity index (χ4v) is 3.80. The fraction of sp³-hybridized carbons (Fsp3) is 0.789. The number of ether oxygens (including phenoxy) is 3. The summed E-state index contributed by atoms with van der Waals surface area (Å²) in [6.45, 7) is 10.4. The highest BCUT2D eigenvalue weighted by Crippen LogP contribution is 2.50. The van der Waals surface area contributed by atoms with Crippen molar-refractivity contribution in [1.29, 1.82) is 0 Å². The third-order valence-corrected chi connectivity index (χ3v) is 4.75. The molecule has 1 saturated heterocycles. The largest absolute Gasteiger partial charge is 0.468 e. The maximum atomic E-state index is 13.1. The van der Waals surface area contributed by atoms with Crippen LogP contribution in [-0.4, -0.2) is 59.9 Å². The van der Waals surface area contributed by atoms with Crippen LogP contribution in [-0.2, 0) is 23.8 Å². The average molecular weight is 398 g/mol. The number of rotatable bonds is 2. The summed E-state index contributed by atoms with van der Waals surface area (Å²) in [6.07, 6.45) is -1.01. The molecule has 9 heteroatoms. The van der Waals surface area contributed by atoms with Gasteiger partial charge in [0.1, 0.15) is 11.2 Å². The maximum Gasteiger partial charge on any atom is 0.417 e. The number of likely N-dealkylation sites (tertiary alicyclic amines) is 1. The van der Waals surface area contributed by atoms with E-state index in [-0.39, 0.29) is 13.0 Å². The molecule has 0 aromatic carbocycles. The number of carbonyl (C=O) groups excluding carboxylic acids is 4. The first-order valence-electron chi connectivity index (χ1n) is 9.32. The minimum absolute atomic E-state index is 0.0370. The summed E-state index contributed by atoms with van der Waals surface area (Å²) in [5.41, 5.74) is -2.94. The van der Waals surface area contributed by atoms with Crippen LogP contribution in [0.1, 0.15) is 54.4 Å². The highest BCUT2D eigenvalue weighted by Gasteiger charge is 2.66. The molecule has 3 atom stereocenters. The van der Waals surface area contributed by atoms with Crippen molar-refractivity contribution in [3.8, 4) is 0 Å². The summed E-state index contributed by atoms with van der Waals surface area (Å²) in [5.74, 6) is -1.82. The van der Waals surface area contributed by atoms with E-state index in [1.807, 2.05) is 0 Å². The Bertz CT molecular complexity index is 677. The first-order chi connectivity index (χ1) is 12.7. The highest BCUT2D eigenvalue weighted by atomic mass is 16.6. The molecule has 2 fully saturated rings. The van der Waals surface area contributed by atoms with Gasteiger partial charge in [0.05, 0.1) is 7.11 Å². The Morgan fingerprint density at radius 1 is 1.07 bits per heavy atom. The monoisotopic (exact) mass is 398 g/mol. The van der Waals surface area contributed by atoms with Crippen molar-refractivity contribution in [3.05, 3.63) is 0 Å². The van der Waals surface area contributed by atoms with E-state index in [2.05, 4.69) is 5.32 Å². The van der Waals surface area contributed by atoms with Crippen molar-refractivity contribution in [2.24, 2.45) is 11.3 Å². The number of amides is 3. The van der Waals surface area contributed by atoms with Crippen LogP contribution in [0.2, 0.25) is 0 Å². The first kappa shape index (κ1) is 22.0. The summed E-state index contributed by atoms with van der Waals surface area (Å²) < 4.78 is 15.4. The predicted molar refractivity (Wildman–Crippen MR) is 98.3 cm³/mol. The smallest absolute Gasteiger partial charge is 0.417 e. The van der Waals surface area contributed by atoms with Crippen LogP contribution >= 0.6 is 0 Å². The van der Waals surface area contributed by atoms with Crippen molar-refractivity contribution in [3.63, 3.8) is 0 Å². The molecule has 28 heavy (non-hydrogen) atoms. The molecule has 0 aromatic rings. The van der Waals surface area contributed by atoms with E-state index in [4.69, 9.17) is 14.2 Å². The Labute approximate surface area is 165 Å². The number of methoxy groups -OCH3 is 1. The number of nitrogens with zero attached hydrogens (tertiary/aromatic N) is 1. The van der Waals surface area contributed by atoms with Crippen LogP contribution in [0.25, 0.3) is 0 Å². The summed E-state index contributed by atoms with van der Waals surface area (Å²) in [5, 5.41) is 2.71. The van der Waals surface area contributed by atoms with E-state index in [9.17, 15) is 19.2 Å². The first-order valence-corrected chi connectivity index (χ1v) is 9.32. The van der Waals surface area contributed by atoms with Gasteiger partial charge in [-0.05, 0) is 54.4 Å². The second kappa shape index (κ2) is 7.25.